The Bertz CT molecular complexity index is 1570. The molecule has 9 nitrogen and oxygen atoms in total. The first-order chi connectivity index (χ1) is 17.7. The van der Waals surface area contributed by atoms with Gasteiger partial charge in [-0.05, 0) is 55.3 Å². The highest BCUT2D eigenvalue weighted by Crippen LogP contribution is 2.31. The van der Waals surface area contributed by atoms with Gasteiger partial charge in [-0.1, -0.05) is 41.1 Å². The number of benzene rings is 2. The average Bonchev–Trinajstić information content (AvgIpc) is 3.17. The lowest BCUT2D eigenvalue weighted by Gasteiger charge is -2.24. The van der Waals surface area contributed by atoms with Gasteiger partial charge in [-0.3, -0.25) is 9.36 Å². The largest absolute Gasteiger partial charge is 0.493 e. The van der Waals surface area contributed by atoms with Gasteiger partial charge in [-0.15, -0.1) is 0 Å². The molecule has 0 saturated carbocycles. The van der Waals surface area contributed by atoms with Gasteiger partial charge in [-0.2, -0.15) is 0 Å². The van der Waals surface area contributed by atoms with Crippen LogP contribution in [-0.4, -0.2) is 41.9 Å². The standard InChI is InChI=1S/C26H23ClN2O7S/c1-4-35-25(33)22-14(2)28-26-29(23(22)16-6-8-17(27)9-7-16)24(32)20(37-26)12-15-5-10-18(19(11-15)34-3)36-13-21(30)31/h5-12,23H,4,13H2,1-3H3,(H,30,31)/b20-12-/t23-/m1/s1. The van der Waals surface area contributed by atoms with Crippen LogP contribution in [0.3, 0.4) is 0 Å². The summed E-state index contributed by atoms with van der Waals surface area (Å²) in [6.07, 6.45) is 1.68. The summed E-state index contributed by atoms with van der Waals surface area (Å²) in [7, 11) is 1.44. The van der Waals surface area contributed by atoms with Gasteiger partial charge in [-0.25, -0.2) is 14.6 Å². The number of carbonyl (C=O) groups excluding carboxylic acids is 1. The quantitative estimate of drug-likeness (QED) is 0.435. The Morgan fingerprint density at radius 1 is 1.19 bits per heavy atom. The molecular formula is C26H23ClN2O7S. The van der Waals surface area contributed by atoms with Gasteiger partial charge in [0.1, 0.15) is 0 Å². The Hall–Kier alpha value is -3.89. The molecule has 37 heavy (non-hydrogen) atoms. The fourth-order valence-electron chi connectivity index (χ4n) is 3.94. The number of halogens is 1. The van der Waals surface area contributed by atoms with E-state index in [1.54, 1.807) is 62.4 Å². The molecule has 0 unspecified atom stereocenters. The molecule has 1 aromatic heterocycles. The third-order valence-corrected chi connectivity index (χ3v) is 6.77. The summed E-state index contributed by atoms with van der Waals surface area (Å²) >= 11 is 7.27. The van der Waals surface area contributed by atoms with Crippen molar-refractivity contribution in [2.45, 2.75) is 19.9 Å². The highest BCUT2D eigenvalue weighted by atomic mass is 35.5. The number of hydrogen-bond donors (Lipinski definition) is 1. The van der Waals surface area contributed by atoms with E-state index >= 15 is 0 Å². The first kappa shape index (κ1) is 26.2. The molecule has 11 heteroatoms. The maximum absolute atomic E-state index is 13.7. The van der Waals surface area contributed by atoms with E-state index in [9.17, 15) is 14.4 Å². The molecule has 0 fully saturated rings. The highest BCUT2D eigenvalue weighted by Gasteiger charge is 2.33. The van der Waals surface area contributed by atoms with Crippen LogP contribution < -0.4 is 24.4 Å². The van der Waals surface area contributed by atoms with Gasteiger partial charge in [0, 0.05) is 5.02 Å². The van der Waals surface area contributed by atoms with Crippen LogP contribution in [-0.2, 0) is 14.3 Å². The van der Waals surface area contributed by atoms with Crippen molar-refractivity contribution in [3.05, 3.63) is 89.6 Å². The second kappa shape index (κ2) is 11.0. The Morgan fingerprint density at radius 2 is 1.92 bits per heavy atom. The van der Waals surface area contributed by atoms with Crippen LogP contribution in [0.2, 0.25) is 5.02 Å². The second-order valence-corrected chi connectivity index (χ2v) is 9.39. The second-order valence-electron chi connectivity index (χ2n) is 7.95. The normalized spacial score (nSPS) is 15.1. The number of ether oxygens (including phenoxy) is 3. The van der Waals surface area contributed by atoms with E-state index in [1.165, 1.54) is 23.0 Å². The zero-order chi connectivity index (χ0) is 26.7. The number of aromatic nitrogens is 1. The summed E-state index contributed by atoms with van der Waals surface area (Å²) in [5.74, 6) is -1.07. The molecule has 3 aromatic rings. The third-order valence-electron chi connectivity index (χ3n) is 5.54. The molecule has 0 saturated heterocycles. The molecule has 0 aliphatic carbocycles. The molecule has 2 heterocycles. The molecule has 1 atom stereocenters. The van der Waals surface area contributed by atoms with Gasteiger partial charge < -0.3 is 19.3 Å². The molecule has 0 radical (unpaired) electrons. The van der Waals surface area contributed by atoms with Gasteiger partial charge in [0.05, 0.1) is 35.6 Å². The van der Waals surface area contributed by atoms with Gasteiger partial charge >= 0.3 is 11.9 Å². The van der Waals surface area contributed by atoms with E-state index in [4.69, 9.17) is 30.9 Å². The molecule has 0 amide bonds. The SMILES string of the molecule is CCOC(=O)C1=C(C)N=c2s/c(=C\c3ccc(OCC(=O)O)c(OC)c3)c(=O)n2[C@@H]1c1ccc(Cl)cc1. The van der Waals surface area contributed by atoms with Crippen LogP contribution >= 0.6 is 22.9 Å². The smallest absolute Gasteiger partial charge is 0.341 e. The van der Waals surface area contributed by atoms with Gasteiger partial charge in [0.2, 0.25) is 0 Å². The number of carboxylic acids is 1. The van der Waals surface area contributed by atoms with Crippen LogP contribution in [0.5, 0.6) is 11.5 Å². The molecule has 192 valence electrons. The van der Waals surface area contributed by atoms with Crippen molar-refractivity contribution in [2.75, 3.05) is 20.3 Å². The summed E-state index contributed by atoms with van der Waals surface area (Å²) in [6.45, 7) is 3.10. The molecule has 1 N–H and O–H groups in total. The number of methoxy groups -OCH3 is 1. The number of fused-ring (bicyclic) bond motifs is 1. The van der Waals surface area contributed by atoms with Crippen LogP contribution in [0.1, 0.15) is 31.0 Å². The van der Waals surface area contributed by atoms with Crippen molar-refractivity contribution in [3.63, 3.8) is 0 Å². The molecule has 4 rings (SSSR count). The topological polar surface area (TPSA) is 116 Å². The van der Waals surface area contributed by atoms with Crippen molar-refractivity contribution in [2.24, 2.45) is 4.99 Å². The van der Waals surface area contributed by atoms with E-state index < -0.39 is 24.6 Å². The van der Waals surface area contributed by atoms with E-state index in [1.807, 2.05) is 0 Å². The first-order valence-corrected chi connectivity index (χ1v) is 12.4. The van der Waals surface area contributed by atoms with Gasteiger partial charge in [0.15, 0.2) is 22.9 Å². The fourth-order valence-corrected chi connectivity index (χ4v) is 5.11. The fraction of sp³-hybridized carbons (Fsp3) is 0.231. The number of allylic oxidation sites excluding steroid dienone is 1. The summed E-state index contributed by atoms with van der Waals surface area (Å²) in [4.78, 5) is 42.4. The monoisotopic (exact) mass is 542 g/mol. The van der Waals surface area contributed by atoms with Gasteiger partial charge in [0.25, 0.3) is 5.56 Å². The highest BCUT2D eigenvalue weighted by molar-refractivity contribution is 7.07. The molecule has 2 aromatic carbocycles. The number of aliphatic carboxylic acids is 1. The van der Waals surface area contributed by atoms with E-state index in [-0.39, 0.29) is 23.5 Å². The summed E-state index contributed by atoms with van der Waals surface area (Å²) < 4.78 is 17.7. The lowest BCUT2D eigenvalue weighted by atomic mass is 9.96. The van der Waals surface area contributed by atoms with Crippen molar-refractivity contribution in [3.8, 4) is 11.5 Å². The lowest BCUT2D eigenvalue weighted by molar-refractivity contribution is -0.140. The number of rotatable bonds is 8. The van der Waals surface area contributed by atoms with E-state index in [2.05, 4.69) is 4.99 Å². The van der Waals surface area contributed by atoms with E-state index in [0.29, 0.717) is 36.9 Å². The summed E-state index contributed by atoms with van der Waals surface area (Å²) in [5, 5.41) is 9.39. The molecule has 0 bridgehead atoms. The number of nitrogens with zero attached hydrogens (tertiary/aromatic N) is 2. The molecule has 1 aliphatic heterocycles. The Morgan fingerprint density at radius 3 is 2.57 bits per heavy atom. The van der Waals surface area contributed by atoms with E-state index in [0.717, 1.165) is 0 Å². The number of carbonyl (C=O) groups is 2. The maximum atomic E-state index is 13.7. The predicted octanol–water partition coefficient (Wildman–Crippen LogP) is 2.92. The zero-order valence-corrected chi connectivity index (χ0v) is 21.8. The number of esters is 1. The van der Waals surface area contributed by atoms with Crippen LogP contribution in [0.25, 0.3) is 6.08 Å². The minimum atomic E-state index is -1.11. The lowest BCUT2D eigenvalue weighted by Crippen LogP contribution is -2.39. The Kier molecular flexibility index (Phi) is 7.80. The summed E-state index contributed by atoms with van der Waals surface area (Å²) in [5.41, 5.74) is 1.74. The maximum Gasteiger partial charge on any atom is 0.341 e. The minimum absolute atomic E-state index is 0.182. The zero-order valence-electron chi connectivity index (χ0n) is 20.2. The van der Waals surface area contributed by atoms with Crippen LogP contribution in [0, 0.1) is 0 Å². The summed E-state index contributed by atoms with van der Waals surface area (Å²) in [6, 6.07) is 11.1. The Balaban J connectivity index is 1.85. The molecule has 0 spiro atoms. The third kappa shape index (κ3) is 5.45. The molecular weight excluding hydrogens is 520 g/mol. The number of carboxylic acid groups (broad SMARTS) is 1. The van der Waals surface area contributed by atoms with Crippen molar-refractivity contribution in [1.82, 2.24) is 4.57 Å². The number of hydrogen-bond acceptors (Lipinski definition) is 8. The van der Waals surface area contributed by atoms with Crippen LogP contribution in [0.4, 0.5) is 0 Å². The van der Waals surface area contributed by atoms with Crippen LogP contribution in [0.15, 0.2) is 63.5 Å². The van der Waals surface area contributed by atoms with Crippen molar-refractivity contribution >= 4 is 41.0 Å². The molecule has 1 aliphatic rings. The van der Waals surface area contributed by atoms with Crippen molar-refractivity contribution < 1.29 is 28.9 Å². The minimum Gasteiger partial charge on any atom is -0.493 e. The number of thiazole rings is 1. The predicted molar refractivity (Wildman–Crippen MR) is 138 cm³/mol. The first-order valence-electron chi connectivity index (χ1n) is 11.2. The Labute approximate surface area is 220 Å². The van der Waals surface area contributed by atoms with Crippen molar-refractivity contribution in [1.29, 1.82) is 0 Å². The average molecular weight is 543 g/mol.